The fourth-order valence-electron chi connectivity index (χ4n) is 3.29. The topological polar surface area (TPSA) is 68.3 Å². The Kier molecular flexibility index (Phi) is 4.38. The van der Waals surface area contributed by atoms with E-state index in [1.165, 1.54) is 12.2 Å². The summed E-state index contributed by atoms with van der Waals surface area (Å²) in [5.41, 5.74) is 3.03. The van der Waals surface area contributed by atoms with Crippen LogP contribution in [0.5, 0.6) is 0 Å². The molecule has 0 heterocycles. The summed E-state index contributed by atoms with van der Waals surface area (Å²) in [6.45, 7) is 0. The molecule has 0 aliphatic heterocycles. The first-order valence-corrected chi connectivity index (χ1v) is 8.71. The molecule has 134 valence electrons. The van der Waals surface area contributed by atoms with Crippen LogP contribution in [0.4, 0.5) is 0 Å². The summed E-state index contributed by atoms with van der Waals surface area (Å²) in [6.07, 6.45) is 2.62. The van der Waals surface area contributed by atoms with Gasteiger partial charge in [0.2, 0.25) is 0 Å². The Bertz CT molecular complexity index is 1040. The van der Waals surface area contributed by atoms with Gasteiger partial charge < -0.3 is 0 Å². The van der Waals surface area contributed by atoms with Crippen molar-refractivity contribution >= 4 is 23.1 Å². The summed E-state index contributed by atoms with van der Waals surface area (Å²) in [5.74, 6) is -0.313. The van der Waals surface area contributed by atoms with Crippen molar-refractivity contribution in [2.75, 3.05) is 0 Å². The fourth-order valence-corrected chi connectivity index (χ4v) is 3.29. The Balaban J connectivity index is 0.000000143. The summed E-state index contributed by atoms with van der Waals surface area (Å²) in [6, 6.07) is 20.7. The first-order valence-electron chi connectivity index (χ1n) is 8.71. The zero-order chi connectivity index (χ0) is 19.7. The molecular weight excluding hydrogens is 352 g/mol. The van der Waals surface area contributed by atoms with Gasteiger partial charge in [-0.2, -0.15) is 0 Å². The van der Waals surface area contributed by atoms with Crippen molar-refractivity contribution in [1.29, 1.82) is 0 Å². The summed E-state index contributed by atoms with van der Waals surface area (Å²) >= 11 is 0. The zero-order valence-corrected chi connectivity index (χ0v) is 14.7. The van der Waals surface area contributed by atoms with Crippen molar-refractivity contribution in [3.8, 4) is 0 Å². The lowest BCUT2D eigenvalue weighted by Gasteiger charge is -2.16. The first-order chi connectivity index (χ1) is 13.6. The number of ketones is 4. The standard InChI is InChI=1S/C14H8O2.C10H6O2/c15-13-9-5-1-2-6-10(9)14(16)12-8-4-3-7-11(12)13;11-9-5-6-10(12)8-4-2-1-3-7(8)9/h1-8H;1-6H. The first kappa shape index (κ1) is 17.5. The van der Waals surface area contributed by atoms with Gasteiger partial charge in [-0.1, -0.05) is 72.8 Å². The quantitative estimate of drug-likeness (QED) is 0.470. The van der Waals surface area contributed by atoms with Gasteiger partial charge in [0, 0.05) is 33.4 Å². The Morgan fingerprint density at radius 3 is 0.893 bits per heavy atom. The summed E-state index contributed by atoms with van der Waals surface area (Å²) in [5, 5.41) is 0. The Morgan fingerprint density at radius 1 is 0.357 bits per heavy atom. The zero-order valence-electron chi connectivity index (χ0n) is 14.7. The molecule has 3 aromatic rings. The minimum atomic E-state index is -0.0924. The SMILES string of the molecule is O=C1C=CC(=O)c2ccccc21.O=C1c2ccccc2C(=O)c2ccccc21. The van der Waals surface area contributed by atoms with E-state index in [-0.39, 0.29) is 23.1 Å². The molecule has 0 fully saturated rings. The molecule has 0 amide bonds. The number of carbonyl (C=O) groups excluding carboxylic acids is 4. The van der Waals surface area contributed by atoms with E-state index >= 15 is 0 Å². The number of hydrogen-bond acceptors (Lipinski definition) is 4. The molecule has 0 saturated carbocycles. The Morgan fingerprint density at radius 2 is 0.607 bits per heavy atom. The molecule has 28 heavy (non-hydrogen) atoms. The van der Waals surface area contributed by atoms with Crippen LogP contribution in [-0.2, 0) is 0 Å². The van der Waals surface area contributed by atoms with E-state index in [1.54, 1.807) is 72.8 Å². The fraction of sp³-hybridized carbons (Fsp3) is 0. The van der Waals surface area contributed by atoms with Crippen molar-refractivity contribution in [1.82, 2.24) is 0 Å². The van der Waals surface area contributed by atoms with Crippen LogP contribution in [0.1, 0.15) is 52.6 Å². The molecule has 0 N–H and O–H groups in total. The number of allylic oxidation sites excluding steroid dienone is 2. The number of rotatable bonds is 0. The van der Waals surface area contributed by atoms with Gasteiger partial charge in [0.1, 0.15) is 0 Å². The predicted octanol–water partition coefficient (Wildman–Crippen LogP) is 4.08. The van der Waals surface area contributed by atoms with Crippen LogP contribution < -0.4 is 0 Å². The Labute approximate surface area is 161 Å². The van der Waals surface area contributed by atoms with Crippen LogP contribution in [0.3, 0.4) is 0 Å². The second kappa shape index (κ2) is 7.00. The lowest BCUT2D eigenvalue weighted by molar-refractivity contribution is 0.0979. The van der Waals surface area contributed by atoms with E-state index in [0.29, 0.717) is 33.4 Å². The van der Waals surface area contributed by atoms with Gasteiger partial charge in [-0.3, -0.25) is 19.2 Å². The van der Waals surface area contributed by atoms with Crippen LogP contribution in [-0.4, -0.2) is 23.1 Å². The lowest BCUT2D eigenvalue weighted by atomic mass is 9.84. The molecule has 3 aromatic carbocycles. The van der Waals surface area contributed by atoms with Crippen molar-refractivity contribution in [2.45, 2.75) is 0 Å². The van der Waals surface area contributed by atoms with Crippen LogP contribution in [0, 0.1) is 0 Å². The van der Waals surface area contributed by atoms with E-state index in [4.69, 9.17) is 0 Å². The van der Waals surface area contributed by atoms with Crippen LogP contribution in [0.15, 0.2) is 84.9 Å². The minimum absolute atomic E-state index is 0.0641. The minimum Gasteiger partial charge on any atom is -0.289 e. The van der Waals surface area contributed by atoms with Gasteiger partial charge in [0.25, 0.3) is 0 Å². The van der Waals surface area contributed by atoms with Crippen LogP contribution in [0.2, 0.25) is 0 Å². The van der Waals surface area contributed by atoms with Crippen LogP contribution >= 0.6 is 0 Å². The highest BCUT2D eigenvalue weighted by Gasteiger charge is 2.28. The van der Waals surface area contributed by atoms with Gasteiger partial charge >= 0.3 is 0 Å². The van der Waals surface area contributed by atoms with Gasteiger partial charge in [-0.15, -0.1) is 0 Å². The van der Waals surface area contributed by atoms with Gasteiger partial charge in [0.05, 0.1) is 0 Å². The van der Waals surface area contributed by atoms with E-state index in [1.807, 2.05) is 0 Å². The predicted molar refractivity (Wildman–Crippen MR) is 104 cm³/mol. The molecule has 2 aliphatic rings. The maximum atomic E-state index is 12.1. The van der Waals surface area contributed by atoms with Crippen molar-refractivity contribution < 1.29 is 19.2 Å². The van der Waals surface area contributed by atoms with Gasteiger partial charge in [-0.05, 0) is 12.2 Å². The Hall–Kier alpha value is -3.92. The monoisotopic (exact) mass is 366 g/mol. The number of benzene rings is 3. The van der Waals surface area contributed by atoms with Gasteiger partial charge in [0.15, 0.2) is 23.1 Å². The maximum Gasteiger partial charge on any atom is 0.194 e. The maximum absolute atomic E-state index is 12.1. The molecule has 0 atom stereocenters. The van der Waals surface area contributed by atoms with Crippen molar-refractivity contribution in [2.24, 2.45) is 0 Å². The van der Waals surface area contributed by atoms with Crippen molar-refractivity contribution in [3.05, 3.63) is 118 Å². The highest BCUT2D eigenvalue weighted by atomic mass is 16.1. The molecule has 0 saturated heterocycles. The number of carbonyl (C=O) groups is 4. The molecule has 0 radical (unpaired) electrons. The molecule has 0 unspecified atom stereocenters. The molecular formula is C24H14O4. The van der Waals surface area contributed by atoms with E-state index in [9.17, 15) is 19.2 Å². The smallest absolute Gasteiger partial charge is 0.194 e. The van der Waals surface area contributed by atoms with Crippen molar-refractivity contribution in [3.63, 3.8) is 0 Å². The summed E-state index contributed by atoms with van der Waals surface area (Å²) in [7, 11) is 0. The van der Waals surface area contributed by atoms with E-state index < -0.39 is 0 Å². The largest absolute Gasteiger partial charge is 0.289 e. The lowest BCUT2D eigenvalue weighted by Crippen LogP contribution is -2.20. The third kappa shape index (κ3) is 2.91. The molecule has 2 aliphatic carbocycles. The highest BCUT2D eigenvalue weighted by Crippen LogP contribution is 2.26. The molecule has 0 spiro atoms. The van der Waals surface area contributed by atoms with Crippen LogP contribution in [0.25, 0.3) is 0 Å². The summed E-state index contributed by atoms with van der Waals surface area (Å²) in [4.78, 5) is 46.6. The third-order valence-corrected chi connectivity index (χ3v) is 4.68. The second-order valence-corrected chi connectivity index (χ2v) is 6.36. The number of fused-ring (bicyclic) bond motifs is 3. The number of hydrogen-bond donors (Lipinski definition) is 0. The third-order valence-electron chi connectivity index (χ3n) is 4.68. The average molecular weight is 366 g/mol. The van der Waals surface area contributed by atoms with E-state index in [2.05, 4.69) is 0 Å². The molecule has 4 nitrogen and oxygen atoms in total. The molecule has 0 aromatic heterocycles. The van der Waals surface area contributed by atoms with Gasteiger partial charge in [-0.25, -0.2) is 0 Å². The second-order valence-electron chi connectivity index (χ2n) is 6.36. The highest BCUT2D eigenvalue weighted by molar-refractivity contribution is 6.28. The summed E-state index contributed by atoms with van der Waals surface area (Å²) < 4.78 is 0. The molecule has 4 heteroatoms. The molecule has 0 bridgehead atoms. The molecule has 5 rings (SSSR count). The average Bonchev–Trinajstić information content (AvgIpc) is 2.75. The van der Waals surface area contributed by atoms with E-state index in [0.717, 1.165) is 0 Å². The normalized spacial score (nSPS) is 13.9.